The number of thiophene rings is 1. The summed E-state index contributed by atoms with van der Waals surface area (Å²) in [6.07, 6.45) is 1.85. The lowest BCUT2D eigenvalue weighted by molar-refractivity contribution is 0.660. The summed E-state index contributed by atoms with van der Waals surface area (Å²) in [5, 5.41) is 10.3. The molecule has 0 unspecified atom stereocenters. The summed E-state index contributed by atoms with van der Waals surface area (Å²) in [7, 11) is 0. The molecule has 6 aromatic heterocycles. The summed E-state index contributed by atoms with van der Waals surface area (Å²) in [6.45, 7) is 4.71. The van der Waals surface area contributed by atoms with Gasteiger partial charge >= 0.3 is 0 Å². The van der Waals surface area contributed by atoms with Gasteiger partial charge in [-0.25, -0.2) is 24.9 Å². The number of benzene rings is 18. The first kappa shape index (κ1) is 75.6. The van der Waals surface area contributed by atoms with Crippen molar-refractivity contribution in [2.24, 2.45) is 0 Å². The Morgan fingerprint density at radius 1 is 0.205 bits per heavy atom. The van der Waals surface area contributed by atoms with Crippen molar-refractivity contribution in [1.82, 2.24) is 38.6 Å². The van der Waals surface area contributed by atoms with E-state index in [1.54, 1.807) is 0 Å². The second-order valence-corrected chi connectivity index (χ2v) is 34.1. The molecule has 0 radical (unpaired) electrons. The van der Waals surface area contributed by atoms with Gasteiger partial charge < -0.3 is 13.7 Å². The Hall–Kier alpha value is -16.3. The van der Waals surface area contributed by atoms with Crippen molar-refractivity contribution >= 4 is 96.9 Å². The molecule has 0 saturated carbocycles. The number of hydrogen-bond donors (Lipinski definition) is 0. The maximum Gasteiger partial charge on any atom is 0.164 e. The van der Waals surface area contributed by atoms with E-state index >= 15 is 0 Å². The highest BCUT2D eigenvalue weighted by molar-refractivity contribution is 7.25. The van der Waals surface area contributed by atoms with E-state index in [4.69, 9.17) is 19.9 Å². The van der Waals surface area contributed by atoms with Gasteiger partial charge in [0.25, 0.3) is 0 Å². The molecule has 24 aromatic rings. The van der Waals surface area contributed by atoms with Crippen molar-refractivity contribution < 1.29 is 0 Å². The molecule has 598 valence electrons. The van der Waals surface area contributed by atoms with Gasteiger partial charge in [-0.2, -0.15) is 0 Å². The van der Waals surface area contributed by atoms with E-state index in [0.29, 0.717) is 23.3 Å². The van der Waals surface area contributed by atoms with Crippen LogP contribution in [0.25, 0.3) is 215 Å². The van der Waals surface area contributed by atoms with Crippen LogP contribution >= 0.6 is 11.3 Å². The average Bonchev–Trinajstić information content (AvgIpc) is 1.58. The number of fused-ring (bicyclic) bond motifs is 15. The van der Waals surface area contributed by atoms with E-state index in [9.17, 15) is 0 Å². The minimum atomic E-state index is -0.00166. The molecule has 6 heterocycles. The summed E-state index contributed by atoms with van der Waals surface area (Å²) in [6, 6.07) is 157. The Kier molecular flexibility index (Phi) is 19.0. The van der Waals surface area contributed by atoms with E-state index in [1.807, 2.05) is 90.3 Å². The van der Waals surface area contributed by atoms with Gasteiger partial charge in [-0.3, -0.25) is 0 Å². The van der Waals surface area contributed by atoms with Crippen LogP contribution < -0.4 is 0 Å². The van der Waals surface area contributed by atoms with Gasteiger partial charge in [-0.05, 0) is 188 Å². The van der Waals surface area contributed by atoms with Crippen molar-refractivity contribution in [3.8, 4) is 130 Å². The number of hydrogen-bond acceptors (Lipinski definition) is 6. The van der Waals surface area contributed by atoms with E-state index in [-0.39, 0.29) is 5.41 Å². The van der Waals surface area contributed by atoms with Gasteiger partial charge in [0.1, 0.15) is 0 Å². The van der Waals surface area contributed by atoms with Crippen molar-refractivity contribution in [2.75, 3.05) is 0 Å². The molecule has 0 spiro atoms. The Balaban J connectivity index is 0.000000109. The van der Waals surface area contributed by atoms with E-state index in [2.05, 4.69) is 403 Å². The van der Waals surface area contributed by atoms with Gasteiger partial charge in [0.05, 0.1) is 38.8 Å². The molecule has 0 fully saturated rings. The quantitative estimate of drug-likeness (QED) is 0.122. The monoisotopic (exact) mass is 1640 g/mol. The molecule has 0 aliphatic heterocycles. The molecule has 0 amide bonds. The van der Waals surface area contributed by atoms with Crippen LogP contribution in [0.1, 0.15) is 25.0 Å². The van der Waals surface area contributed by atoms with Crippen molar-refractivity contribution in [3.05, 3.63) is 460 Å². The Morgan fingerprint density at radius 2 is 0.520 bits per heavy atom. The molecule has 25 rings (SSSR count). The van der Waals surface area contributed by atoms with Crippen molar-refractivity contribution in [2.45, 2.75) is 19.3 Å². The molecule has 1 aliphatic carbocycles. The summed E-state index contributed by atoms with van der Waals surface area (Å²) in [4.78, 5) is 24.1. The second kappa shape index (κ2) is 31.8. The van der Waals surface area contributed by atoms with Crippen LogP contribution in [0, 0.1) is 0 Å². The molecule has 127 heavy (non-hydrogen) atoms. The number of para-hydroxylation sites is 6. The maximum atomic E-state index is 4.98. The molecule has 0 saturated heterocycles. The molecule has 9 heteroatoms. The Morgan fingerprint density at radius 3 is 1.02 bits per heavy atom. The van der Waals surface area contributed by atoms with E-state index in [1.165, 1.54) is 141 Å². The topological polar surface area (TPSA) is 79.2 Å². The summed E-state index contributed by atoms with van der Waals surface area (Å²) in [5.74, 6) is 2.69. The Bertz CT molecular complexity index is 8100. The number of nitrogens with zero attached hydrogens (tertiary/aromatic N) is 8. The van der Waals surface area contributed by atoms with Crippen LogP contribution in [0.15, 0.2) is 449 Å². The predicted molar refractivity (Wildman–Crippen MR) is 531 cm³/mol. The molecule has 1 aliphatic rings. The molecule has 8 nitrogen and oxygen atoms in total. The third-order valence-corrected chi connectivity index (χ3v) is 26.3. The van der Waals surface area contributed by atoms with Gasteiger partial charge in [-0.1, -0.05) is 335 Å². The number of rotatable bonds is 12. The van der Waals surface area contributed by atoms with Crippen LogP contribution in [0.2, 0.25) is 0 Å². The highest BCUT2D eigenvalue weighted by atomic mass is 32.1. The van der Waals surface area contributed by atoms with Crippen LogP contribution in [0.3, 0.4) is 0 Å². The first-order chi connectivity index (χ1) is 62.7. The molecule has 0 bridgehead atoms. The minimum Gasteiger partial charge on any atom is -0.309 e. The van der Waals surface area contributed by atoms with Crippen molar-refractivity contribution in [3.63, 3.8) is 0 Å². The third-order valence-electron chi connectivity index (χ3n) is 25.2. The third kappa shape index (κ3) is 13.8. The van der Waals surface area contributed by atoms with E-state index < -0.39 is 0 Å². The Labute approximate surface area is 739 Å². The van der Waals surface area contributed by atoms with Gasteiger partial charge in [0, 0.05) is 109 Å². The van der Waals surface area contributed by atoms with Crippen LogP contribution in [-0.4, -0.2) is 38.6 Å². The van der Waals surface area contributed by atoms with Gasteiger partial charge in [0.15, 0.2) is 23.3 Å². The van der Waals surface area contributed by atoms with Crippen LogP contribution in [-0.2, 0) is 5.41 Å². The zero-order chi connectivity index (χ0) is 84.5. The predicted octanol–water partition coefficient (Wildman–Crippen LogP) is 31.0. The number of aromatic nitrogens is 8. The van der Waals surface area contributed by atoms with E-state index in [0.717, 1.165) is 61.6 Å². The fourth-order valence-electron chi connectivity index (χ4n) is 18.9. The normalized spacial score (nSPS) is 12.1. The van der Waals surface area contributed by atoms with Crippen molar-refractivity contribution in [1.29, 1.82) is 0 Å². The lowest BCUT2D eigenvalue weighted by Crippen LogP contribution is -2.14. The first-order valence-corrected chi connectivity index (χ1v) is 44.0. The molecular weight excluding hydrogens is 1560 g/mol. The average molecular weight is 1640 g/mol. The first-order valence-electron chi connectivity index (χ1n) is 43.2. The molecule has 0 atom stereocenters. The molecule has 18 aromatic carbocycles. The minimum absolute atomic E-state index is 0.00166. The zero-order valence-electron chi connectivity index (χ0n) is 69.7. The second-order valence-electron chi connectivity index (χ2n) is 33.0. The van der Waals surface area contributed by atoms with Gasteiger partial charge in [0.2, 0.25) is 0 Å². The van der Waals surface area contributed by atoms with Crippen LogP contribution in [0.5, 0.6) is 0 Å². The fourth-order valence-corrected chi connectivity index (χ4v) is 20.0. The standard InChI is InChI=1S/C40H27N3.C39H26N4.C39H27NS/c1-2-9-28(10-3-1)29-17-19-30(20-18-29)32-11-8-12-33(27-32)37-25-26-41-40(42-37)31-21-23-34(24-22-31)43-38-15-6-4-13-35(38)36-14-5-7-16-39(36)43;1-3-11-29(12-4-1)37-40-38(30-13-5-2-6-14-30)42-39(41-37)31-21-19-27(20-22-31)28-23-25-32(26-24-28)43-35-17-9-7-15-33(35)34-16-8-10-18-36(34)43;1-39(2)33-12-6-3-9-27(33)28-18-15-25(22-34(28)39)24-16-19-37-31(21-24)32-23-26(17-20-38(32)41-37)40-35-13-7-4-10-29(35)30-11-5-8-14-36(30)40/h1-27H;1-26H;3-23H,1-2H3. The lowest BCUT2D eigenvalue weighted by atomic mass is 9.81. The highest BCUT2D eigenvalue weighted by Crippen LogP contribution is 2.51. The lowest BCUT2D eigenvalue weighted by Gasteiger charge is -2.22. The summed E-state index contributed by atoms with van der Waals surface area (Å²) < 4.78 is 9.73. The molecular formula is C118H80N8S. The largest absolute Gasteiger partial charge is 0.309 e. The smallest absolute Gasteiger partial charge is 0.164 e. The SMILES string of the molecule is CC1(C)c2ccccc2-c2ccc(-c3ccc4sc5ccc(-n6c7ccccc7c7ccccc76)cc5c4c3)cc21.c1ccc(-c2ccc(-c3cccc(-c4ccnc(-c5ccc(-n6c7ccccc7c7ccccc76)cc5)n4)c3)cc2)cc1.c1ccc(-c2nc(-c3ccccc3)nc(-c3ccc(-c4ccc(-n5c6ccccc6c6ccccc65)cc4)cc3)n2)cc1. The van der Waals surface area contributed by atoms with Gasteiger partial charge in [-0.15, -0.1) is 11.3 Å². The zero-order valence-corrected chi connectivity index (χ0v) is 70.5. The fraction of sp³-hybridized carbons (Fsp3) is 0.0254. The molecule has 0 N–H and O–H groups in total. The van der Waals surface area contributed by atoms with Crippen LogP contribution in [0.4, 0.5) is 0 Å². The maximum absolute atomic E-state index is 4.98. The summed E-state index contributed by atoms with van der Waals surface area (Å²) in [5.41, 5.74) is 31.8. The summed E-state index contributed by atoms with van der Waals surface area (Å²) >= 11 is 1.88. The highest BCUT2D eigenvalue weighted by Gasteiger charge is 2.35.